The lowest BCUT2D eigenvalue weighted by Gasteiger charge is -2.20. The molecule has 0 aliphatic heterocycles. The molecule has 0 aliphatic rings. The molecule has 6 aromatic heterocycles. The van der Waals surface area contributed by atoms with Gasteiger partial charge < -0.3 is 27.4 Å². The first-order valence-corrected chi connectivity index (χ1v) is 51.3. The van der Waals surface area contributed by atoms with Gasteiger partial charge in [-0.2, -0.15) is 10.5 Å². The highest BCUT2D eigenvalue weighted by Gasteiger charge is 2.32. The lowest BCUT2D eigenvalue weighted by atomic mass is 9.85. The summed E-state index contributed by atoms with van der Waals surface area (Å²) in [7, 11) is 0. The van der Waals surface area contributed by atoms with Crippen LogP contribution in [0.15, 0.2) is 364 Å². The van der Waals surface area contributed by atoms with Crippen LogP contribution in [0.25, 0.3) is 218 Å². The molecule has 0 atom stereocenters. The summed E-state index contributed by atoms with van der Waals surface area (Å²) in [4.78, 5) is 15.0. The summed E-state index contributed by atoms with van der Waals surface area (Å²) >= 11 is 0. The zero-order chi connectivity index (χ0) is 105. The van der Waals surface area contributed by atoms with Gasteiger partial charge in [0.05, 0.1) is 133 Å². The summed E-state index contributed by atoms with van der Waals surface area (Å²) < 4.78 is 14.2. The van der Waals surface area contributed by atoms with E-state index in [4.69, 9.17) is 26.3 Å². The first kappa shape index (κ1) is 96.5. The zero-order valence-electron chi connectivity index (χ0n) is 88.0. The molecule has 726 valence electrons. The van der Waals surface area contributed by atoms with Crippen molar-refractivity contribution in [1.29, 1.82) is 10.5 Å². The van der Waals surface area contributed by atoms with Gasteiger partial charge in [-0.15, -0.1) is 0 Å². The minimum atomic E-state index is -0.0294. The van der Waals surface area contributed by atoms with Crippen molar-refractivity contribution in [3.05, 3.63) is 454 Å². The number of para-hydroxylation sites is 6. The van der Waals surface area contributed by atoms with Gasteiger partial charge in [0.1, 0.15) is 0 Å². The molecule has 6 heterocycles. The molecule has 0 saturated carbocycles. The van der Waals surface area contributed by atoms with Crippen molar-refractivity contribution in [2.24, 2.45) is 0 Å². The fourth-order valence-corrected chi connectivity index (χ4v) is 22.2. The van der Waals surface area contributed by atoms with E-state index in [1.54, 1.807) is 18.2 Å². The van der Waals surface area contributed by atoms with Gasteiger partial charge in [-0.05, 0) is 253 Å². The van der Waals surface area contributed by atoms with Gasteiger partial charge in [0.15, 0.2) is 22.7 Å². The maximum Gasteiger partial charge on any atom is 0.195 e. The van der Waals surface area contributed by atoms with Crippen molar-refractivity contribution in [1.82, 2.24) is 27.4 Å². The quantitative estimate of drug-likeness (QED) is 0.135. The summed E-state index contributed by atoms with van der Waals surface area (Å²) in [5, 5.41) is 34.9. The Hall–Kier alpha value is -18.3. The van der Waals surface area contributed by atoms with Crippen molar-refractivity contribution < 1.29 is 0 Å². The lowest BCUT2D eigenvalue weighted by molar-refractivity contribution is 0.590. The standard InChI is InChI=1S/3C46H38N4/c1-45(2,3)30-19-22-41-35(25-30)36-26-31(46(4,5)6)20-23-42(36)50(41)43-28-44-37(27-34(43)29-18-21-38(47-7)39(24-29)48-8)33-16-12-13-17-40(33)49(44)32-14-10-9-11-15-32;1-45(2,3)30-18-20-41-37(24-30)38-25-31(46(4,5)6)19-21-42(38)50(41)43-28-44-39(27-36(43)29-22-32(47-7)26-33(23-29)48-8)35-16-12-13-17-40(35)49(44)34-14-10-9-11-15-34;1-45(2,3)31-19-21-40-35(23-31)36-24-32(46(4,5)6)20-22-41(36)50(40)43-26-42-37(25-38(43)44-29(27-47)13-12-14-30(44)28-48)34-17-10-11-18-39(34)49(42)33-15-8-7-9-16-33/h2*9-28H,1-6H3;7-26H,1-6H3. The van der Waals surface area contributed by atoms with Crippen molar-refractivity contribution in [3.8, 4) is 79.6 Å². The Morgan fingerprint density at radius 3 is 0.740 bits per heavy atom. The number of rotatable bonds is 9. The number of fused-ring (bicyclic) bond motifs is 18. The molecule has 12 nitrogen and oxygen atoms in total. The van der Waals surface area contributed by atoms with Crippen molar-refractivity contribution in [3.63, 3.8) is 0 Å². The van der Waals surface area contributed by atoms with E-state index in [0.29, 0.717) is 39.4 Å². The minimum Gasteiger partial charge on any atom is -0.309 e. The monoisotopic (exact) mass is 1940 g/mol. The van der Waals surface area contributed by atoms with Crippen LogP contribution in [-0.2, 0) is 32.5 Å². The van der Waals surface area contributed by atoms with Crippen LogP contribution >= 0.6 is 0 Å². The number of hydrogen-bond acceptors (Lipinski definition) is 2. The predicted octanol–water partition coefficient (Wildman–Crippen LogP) is 38.4. The largest absolute Gasteiger partial charge is 0.309 e. The van der Waals surface area contributed by atoms with Crippen molar-refractivity contribution >= 4 is 154 Å². The second-order valence-corrected chi connectivity index (χ2v) is 46.0. The zero-order valence-corrected chi connectivity index (χ0v) is 88.0. The Morgan fingerprint density at radius 2 is 0.460 bits per heavy atom. The van der Waals surface area contributed by atoms with Crippen LogP contribution < -0.4 is 0 Å². The summed E-state index contributed by atoms with van der Waals surface area (Å²) in [5.41, 5.74) is 34.9. The van der Waals surface area contributed by atoms with Crippen LogP contribution in [0, 0.1) is 49.0 Å². The molecular weight excluding hydrogens is 1830 g/mol. The number of nitrogens with zero attached hydrogens (tertiary/aromatic N) is 12. The Kier molecular flexibility index (Phi) is 23.4. The van der Waals surface area contributed by atoms with Crippen molar-refractivity contribution in [2.75, 3.05) is 0 Å². The van der Waals surface area contributed by atoms with Crippen LogP contribution in [0.5, 0.6) is 0 Å². The molecule has 0 radical (unpaired) electrons. The molecule has 0 N–H and O–H groups in total. The van der Waals surface area contributed by atoms with Crippen LogP contribution in [0.4, 0.5) is 22.7 Å². The Morgan fingerprint density at radius 1 is 0.200 bits per heavy atom. The molecule has 0 amide bonds. The maximum atomic E-state index is 10.4. The predicted molar refractivity (Wildman–Crippen MR) is 628 cm³/mol. The SMILES string of the molecule is CC(C)(C)c1ccc2c(c1)c1cc(C(C)(C)C)ccc1n2-c1cc2c(cc1-c1c(C#N)cccc1C#N)c1ccccc1n2-c1ccccc1.[C-]#[N+]c1cc([N+]#[C-])cc(-c2cc3c4ccccc4n(-c4ccccc4)c3cc2-n2c3ccc(C(C)(C)C)cc3c3cc(C(C)(C)C)ccc32)c1.[C-]#[N+]c1ccc(-c2cc3c4ccccc4n(-c4ccccc4)c3cc2-n2c3ccc(C(C)(C)C)cc3c3cc(C(C)(C)C)ccc32)cc1[N+]#[C-]. The van der Waals surface area contributed by atoms with Gasteiger partial charge >= 0.3 is 0 Å². The number of nitriles is 2. The van der Waals surface area contributed by atoms with Gasteiger partial charge in [-0.3, -0.25) is 9.69 Å². The van der Waals surface area contributed by atoms with Gasteiger partial charge in [0.2, 0.25) is 0 Å². The van der Waals surface area contributed by atoms with E-state index in [2.05, 4.69) is 487 Å². The Bertz CT molecular complexity index is 9730. The summed E-state index contributed by atoms with van der Waals surface area (Å²) in [6.07, 6.45) is 0. The van der Waals surface area contributed by atoms with Gasteiger partial charge in [-0.25, -0.2) is 9.69 Å². The van der Waals surface area contributed by atoms with E-state index in [-0.39, 0.29) is 32.5 Å². The molecule has 0 saturated heterocycles. The molecule has 0 bridgehead atoms. The highest BCUT2D eigenvalue weighted by Crippen LogP contribution is 2.52. The number of aromatic nitrogens is 6. The third-order valence-electron chi connectivity index (χ3n) is 30.2. The highest BCUT2D eigenvalue weighted by atomic mass is 15.0. The van der Waals surface area contributed by atoms with E-state index < -0.39 is 0 Å². The normalized spacial score (nSPS) is 12.2. The maximum absolute atomic E-state index is 10.4. The molecule has 150 heavy (non-hydrogen) atoms. The van der Waals surface area contributed by atoms with Gasteiger partial charge in [-0.1, -0.05) is 313 Å². The summed E-state index contributed by atoms with van der Waals surface area (Å²) in [6, 6.07) is 134. The van der Waals surface area contributed by atoms with Gasteiger partial charge in [0, 0.05) is 104 Å². The average Bonchev–Trinajstić information content (AvgIpc) is 1.56. The van der Waals surface area contributed by atoms with Crippen LogP contribution in [-0.4, -0.2) is 27.4 Å². The highest BCUT2D eigenvalue weighted by molar-refractivity contribution is 6.19. The van der Waals surface area contributed by atoms with Crippen LogP contribution in [0.2, 0.25) is 0 Å². The first-order chi connectivity index (χ1) is 71.9. The Balaban J connectivity index is 0.000000127. The average molecular weight is 1940 g/mol. The Labute approximate surface area is 876 Å². The molecule has 24 aromatic rings. The van der Waals surface area contributed by atoms with Crippen LogP contribution in [0.1, 0.15) is 169 Å². The fourth-order valence-electron chi connectivity index (χ4n) is 22.2. The fraction of sp³-hybridized carbons (Fsp3) is 0.174. The van der Waals surface area contributed by atoms with E-state index in [9.17, 15) is 10.5 Å². The molecule has 0 aliphatic carbocycles. The van der Waals surface area contributed by atoms with E-state index in [1.807, 2.05) is 42.5 Å². The minimum absolute atomic E-state index is 0.00818. The molecule has 0 fully saturated rings. The summed E-state index contributed by atoms with van der Waals surface area (Å²) in [5.74, 6) is 0. The molecule has 24 rings (SSSR count). The lowest BCUT2D eigenvalue weighted by Crippen LogP contribution is -2.10. The smallest absolute Gasteiger partial charge is 0.195 e. The molecule has 12 heteroatoms. The number of hydrogen-bond donors (Lipinski definition) is 0. The third kappa shape index (κ3) is 16.6. The molecule has 0 spiro atoms. The first-order valence-electron chi connectivity index (χ1n) is 51.3. The number of benzene rings is 18. The summed E-state index contributed by atoms with van der Waals surface area (Å²) in [6.45, 7) is 72.1. The molecule has 18 aromatic carbocycles. The van der Waals surface area contributed by atoms with E-state index in [0.717, 1.165) is 160 Å². The topological polar surface area (TPSA) is 94.6 Å². The van der Waals surface area contributed by atoms with Gasteiger partial charge in [0.25, 0.3) is 0 Å². The molecule has 0 unspecified atom stereocenters. The second kappa shape index (κ2) is 36.4. The molecular formula is C138H114N12. The van der Waals surface area contributed by atoms with Crippen LogP contribution in [0.3, 0.4) is 0 Å². The van der Waals surface area contributed by atoms with E-state index >= 15 is 0 Å². The second-order valence-electron chi connectivity index (χ2n) is 46.0. The van der Waals surface area contributed by atoms with Crippen molar-refractivity contribution in [2.45, 2.75) is 157 Å². The third-order valence-corrected chi connectivity index (χ3v) is 30.2. The van der Waals surface area contributed by atoms with E-state index in [1.165, 1.54) is 65.7 Å².